The van der Waals surface area contributed by atoms with Gasteiger partial charge >= 0.3 is 0 Å². The first kappa shape index (κ1) is 9.21. The summed E-state index contributed by atoms with van der Waals surface area (Å²) in [7, 11) is 3.51. The summed E-state index contributed by atoms with van der Waals surface area (Å²) in [5, 5.41) is 3.98. The fraction of sp³-hybridized carbons (Fsp3) is 0.182. The summed E-state index contributed by atoms with van der Waals surface area (Å²) in [4.78, 5) is 13.3. The fourth-order valence-corrected chi connectivity index (χ4v) is 2.03. The standard InChI is InChI=1S/C11H10NOS/c1-12(2)11(13)9-4-3-8-5-6-14-7-10(8)9/h4-7H,1-2H3. The maximum absolute atomic E-state index is 11.7. The van der Waals surface area contributed by atoms with Crippen LogP contribution in [-0.2, 0) is 0 Å². The van der Waals surface area contributed by atoms with E-state index in [2.05, 4.69) is 6.07 Å². The predicted octanol–water partition coefficient (Wildman–Crippen LogP) is 2.35. The Balaban J connectivity index is 2.50. The molecule has 1 amide bonds. The molecule has 0 aromatic carbocycles. The molecule has 0 aromatic rings. The van der Waals surface area contributed by atoms with Crippen LogP contribution in [0.5, 0.6) is 0 Å². The summed E-state index contributed by atoms with van der Waals surface area (Å²) in [6.07, 6.45) is 0. The lowest BCUT2D eigenvalue weighted by Crippen LogP contribution is -2.21. The van der Waals surface area contributed by atoms with Gasteiger partial charge in [0.15, 0.2) is 0 Å². The fourth-order valence-electron chi connectivity index (χ4n) is 1.35. The summed E-state index contributed by atoms with van der Waals surface area (Å²) in [5.74, 6) is 0.0367. The number of carbonyl (C=O) groups is 1. The van der Waals surface area contributed by atoms with E-state index in [1.807, 2.05) is 16.8 Å². The van der Waals surface area contributed by atoms with E-state index in [0.29, 0.717) is 0 Å². The highest BCUT2D eigenvalue weighted by Gasteiger charge is 2.16. The van der Waals surface area contributed by atoms with Gasteiger partial charge in [-0.3, -0.25) is 4.79 Å². The average Bonchev–Trinajstić information content (AvgIpc) is 2.60. The highest BCUT2D eigenvalue weighted by atomic mass is 32.1. The minimum absolute atomic E-state index is 0.0367. The van der Waals surface area contributed by atoms with Gasteiger partial charge in [0.25, 0.3) is 5.91 Å². The van der Waals surface area contributed by atoms with Crippen molar-refractivity contribution in [2.24, 2.45) is 0 Å². The predicted molar refractivity (Wildman–Crippen MR) is 57.8 cm³/mol. The van der Waals surface area contributed by atoms with E-state index in [1.165, 1.54) is 0 Å². The molecule has 1 aliphatic heterocycles. The lowest BCUT2D eigenvalue weighted by molar-refractivity contribution is 0.0829. The third kappa shape index (κ3) is 1.40. The molecule has 71 valence electrons. The normalized spacial score (nSPS) is 10.4. The van der Waals surface area contributed by atoms with Crippen LogP contribution in [0.25, 0.3) is 11.1 Å². The summed E-state index contributed by atoms with van der Waals surface area (Å²) >= 11 is 1.59. The van der Waals surface area contributed by atoms with E-state index >= 15 is 0 Å². The Morgan fingerprint density at radius 1 is 1.50 bits per heavy atom. The summed E-state index contributed by atoms with van der Waals surface area (Å²) in [5.41, 5.74) is 2.74. The molecule has 0 fully saturated rings. The van der Waals surface area contributed by atoms with Crippen molar-refractivity contribution < 1.29 is 4.79 Å². The Kier molecular flexibility index (Phi) is 2.25. The SMILES string of the molecule is CN(C)C(=O)c1c[c]c2ccscc1-2. The maximum Gasteiger partial charge on any atom is 0.254 e. The smallest absolute Gasteiger partial charge is 0.254 e. The number of amides is 1. The third-order valence-electron chi connectivity index (χ3n) is 2.09. The van der Waals surface area contributed by atoms with Crippen molar-refractivity contribution >= 4 is 17.2 Å². The van der Waals surface area contributed by atoms with Gasteiger partial charge in [0.05, 0.1) is 0 Å². The van der Waals surface area contributed by atoms with Gasteiger partial charge in [-0.05, 0) is 34.5 Å². The van der Waals surface area contributed by atoms with Crippen molar-refractivity contribution in [3.05, 3.63) is 34.5 Å². The van der Waals surface area contributed by atoms with E-state index in [9.17, 15) is 4.79 Å². The number of hydrogen-bond acceptors (Lipinski definition) is 2. The van der Waals surface area contributed by atoms with Gasteiger partial charge in [-0.1, -0.05) is 0 Å². The Morgan fingerprint density at radius 3 is 3.00 bits per heavy atom. The zero-order valence-corrected chi connectivity index (χ0v) is 8.89. The van der Waals surface area contributed by atoms with Crippen molar-refractivity contribution in [1.29, 1.82) is 0 Å². The minimum atomic E-state index is 0.0367. The minimum Gasteiger partial charge on any atom is -0.345 e. The molecular formula is C11H10NOS. The molecule has 0 spiro atoms. The molecule has 0 atom stereocenters. The summed E-state index contributed by atoms with van der Waals surface area (Å²) in [6, 6.07) is 6.83. The quantitative estimate of drug-likeness (QED) is 0.698. The van der Waals surface area contributed by atoms with Crippen molar-refractivity contribution in [1.82, 2.24) is 4.90 Å². The maximum atomic E-state index is 11.7. The molecule has 0 saturated heterocycles. The molecule has 1 heterocycles. The van der Waals surface area contributed by atoms with Crippen LogP contribution in [0.3, 0.4) is 0 Å². The van der Waals surface area contributed by atoms with Gasteiger partial charge in [0.2, 0.25) is 0 Å². The van der Waals surface area contributed by atoms with Gasteiger partial charge in [-0.2, -0.15) is 11.3 Å². The number of hydrogen-bond donors (Lipinski definition) is 0. The van der Waals surface area contributed by atoms with Crippen LogP contribution in [-0.4, -0.2) is 24.9 Å². The van der Waals surface area contributed by atoms with Crippen molar-refractivity contribution in [3.63, 3.8) is 0 Å². The van der Waals surface area contributed by atoms with E-state index < -0.39 is 0 Å². The third-order valence-corrected chi connectivity index (χ3v) is 2.75. The largest absolute Gasteiger partial charge is 0.345 e. The van der Waals surface area contributed by atoms with E-state index in [0.717, 1.165) is 16.7 Å². The van der Waals surface area contributed by atoms with E-state index in [1.54, 1.807) is 36.4 Å². The lowest BCUT2D eigenvalue weighted by atomic mass is 10.1. The Hall–Kier alpha value is -1.35. The van der Waals surface area contributed by atoms with Crippen LogP contribution in [0.4, 0.5) is 0 Å². The van der Waals surface area contributed by atoms with Crippen molar-refractivity contribution in [2.75, 3.05) is 14.1 Å². The molecule has 14 heavy (non-hydrogen) atoms. The second-order valence-electron chi connectivity index (χ2n) is 3.29. The van der Waals surface area contributed by atoms with Crippen LogP contribution in [0, 0.1) is 6.07 Å². The highest BCUT2D eigenvalue weighted by molar-refractivity contribution is 7.08. The number of carbonyl (C=O) groups excluding carboxylic acids is 1. The molecule has 1 radical (unpaired) electrons. The van der Waals surface area contributed by atoms with Crippen LogP contribution in [0.2, 0.25) is 0 Å². The zero-order valence-electron chi connectivity index (χ0n) is 8.07. The van der Waals surface area contributed by atoms with Crippen LogP contribution >= 0.6 is 11.3 Å². The molecule has 2 aliphatic rings. The molecule has 0 aromatic heterocycles. The zero-order chi connectivity index (χ0) is 10.1. The van der Waals surface area contributed by atoms with Gasteiger partial charge in [-0.15, -0.1) is 0 Å². The molecule has 3 heteroatoms. The van der Waals surface area contributed by atoms with Gasteiger partial charge in [-0.25, -0.2) is 0 Å². The first-order chi connectivity index (χ1) is 6.70. The number of rotatable bonds is 1. The molecule has 0 bridgehead atoms. The number of nitrogens with zero attached hydrogens (tertiary/aromatic N) is 1. The molecule has 2 nitrogen and oxygen atoms in total. The van der Waals surface area contributed by atoms with Gasteiger partial charge in [0, 0.05) is 25.2 Å². The van der Waals surface area contributed by atoms with Crippen LogP contribution in [0.15, 0.2) is 22.9 Å². The molecule has 0 saturated carbocycles. The van der Waals surface area contributed by atoms with E-state index in [4.69, 9.17) is 0 Å². The summed E-state index contributed by atoms with van der Waals surface area (Å²) in [6.45, 7) is 0. The topological polar surface area (TPSA) is 20.3 Å². The van der Waals surface area contributed by atoms with Gasteiger partial charge in [0.1, 0.15) is 0 Å². The lowest BCUT2D eigenvalue weighted by Gasteiger charge is -2.10. The Labute approximate surface area is 87.1 Å². The van der Waals surface area contributed by atoms with Crippen molar-refractivity contribution in [2.45, 2.75) is 0 Å². The highest BCUT2D eigenvalue weighted by Crippen LogP contribution is 2.29. The second kappa shape index (κ2) is 3.42. The monoisotopic (exact) mass is 204 g/mol. The molecule has 1 aliphatic carbocycles. The second-order valence-corrected chi connectivity index (χ2v) is 4.07. The van der Waals surface area contributed by atoms with E-state index in [-0.39, 0.29) is 5.91 Å². The Morgan fingerprint density at radius 2 is 2.29 bits per heavy atom. The van der Waals surface area contributed by atoms with Crippen LogP contribution in [0.1, 0.15) is 10.4 Å². The molecule has 0 N–H and O–H groups in total. The molecular weight excluding hydrogens is 194 g/mol. The summed E-state index contributed by atoms with van der Waals surface area (Å²) < 4.78 is 0. The van der Waals surface area contributed by atoms with Crippen LogP contribution < -0.4 is 0 Å². The Bertz CT molecular complexity index is 433. The number of fused-ring (bicyclic) bond motifs is 1. The first-order valence-electron chi connectivity index (χ1n) is 4.28. The van der Waals surface area contributed by atoms with Crippen molar-refractivity contribution in [3.8, 4) is 11.1 Å². The first-order valence-corrected chi connectivity index (χ1v) is 5.22. The average molecular weight is 204 g/mol. The molecule has 2 rings (SSSR count). The molecule has 0 unspecified atom stereocenters. The van der Waals surface area contributed by atoms with Gasteiger partial charge < -0.3 is 4.90 Å².